The molecule has 4 aromatic rings. The predicted molar refractivity (Wildman–Crippen MR) is 160 cm³/mol. The Labute approximate surface area is 258 Å². The SMILES string of the molecule is COc1ccc(F)c(-c2cccc3c2CC[C@@H]3Oc2cc(OCc3cncc(C#N)c3)c(CN[C@@H](CO)C(=O)O)cc2Cl)c1. The van der Waals surface area contributed by atoms with Crippen LogP contribution < -0.4 is 19.5 Å². The van der Waals surface area contributed by atoms with Crippen LogP contribution in [0.5, 0.6) is 17.2 Å². The number of nitriles is 1. The van der Waals surface area contributed by atoms with Gasteiger partial charge in [-0.25, -0.2) is 4.39 Å². The summed E-state index contributed by atoms with van der Waals surface area (Å²) in [6, 6.07) is 16.1. The molecule has 0 aliphatic heterocycles. The van der Waals surface area contributed by atoms with Crippen molar-refractivity contribution < 1.29 is 33.6 Å². The fraction of sp³-hybridized carbons (Fsp3) is 0.242. The topological polar surface area (TPSA) is 134 Å². The number of nitrogens with one attached hydrogen (secondary N) is 1. The van der Waals surface area contributed by atoms with Gasteiger partial charge in [-0.3, -0.25) is 15.1 Å². The first kappa shape index (κ1) is 30.8. The minimum absolute atomic E-state index is 0.0328. The molecule has 2 atom stereocenters. The van der Waals surface area contributed by atoms with Crippen LogP contribution >= 0.6 is 11.6 Å². The number of carboxylic acid groups (broad SMARTS) is 1. The summed E-state index contributed by atoms with van der Waals surface area (Å²) in [5.41, 5.74) is 4.69. The monoisotopic (exact) mass is 617 g/mol. The Balaban J connectivity index is 1.44. The number of carbonyl (C=O) groups is 1. The smallest absolute Gasteiger partial charge is 0.323 e. The molecule has 44 heavy (non-hydrogen) atoms. The van der Waals surface area contributed by atoms with E-state index in [1.165, 1.54) is 19.4 Å². The summed E-state index contributed by atoms with van der Waals surface area (Å²) in [4.78, 5) is 15.5. The molecule has 9 nitrogen and oxygen atoms in total. The molecule has 3 aromatic carbocycles. The Hall–Kier alpha value is -4.69. The van der Waals surface area contributed by atoms with Crippen molar-refractivity contribution in [3.05, 3.63) is 106 Å². The van der Waals surface area contributed by atoms with Crippen LogP contribution in [0, 0.1) is 17.1 Å². The second kappa shape index (κ2) is 13.7. The van der Waals surface area contributed by atoms with Crippen molar-refractivity contribution in [1.29, 1.82) is 5.26 Å². The molecule has 0 saturated heterocycles. The Bertz CT molecular complexity index is 1730. The number of aromatic nitrogens is 1. The first-order valence-electron chi connectivity index (χ1n) is 13.8. The molecule has 1 heterocycles. The van der Waals surface area contributed by atoms with Crippen molar-refractivity contribution in [1.82, 2.24) is 10.3 Å². The molecule has 0 spiro atoms. The average molecular weight is 618 g/mol. The quantitative estimate of drug-likeness (QED) is 0.186. The van der Waals surface area contributed by atoms with E-state index in [2.05, 4.69) is 10.3 Å². The Morgan fingerprint density at radius 2 is 2.02 bits per heavy atom. The number of nitrogens with zero attached hydrogens (tertiary/aromatic N) is 2. The summed E-state index contributed by atoms with van der Waals surface area (Å²) in [5.74, 6) is -0.274. The van der Waals surface area contributed by atoms with E-state index in [1.54, 1.807) is 36.5 Å². The number of fused-ring (bicyclic) bond motifs is 1. The molecule has 0 radical (unpaired) electrons. The van der Waals surface area contributed by atoms with E-state index >= 15 is 0 Å². The maximum absolute atomic E-state index is 14.9. The molecule has 3 N–H and O–H groups in total. The van der Waals surface area contributed by atoms with Crippen LogP contribution in [0.1, 0.15) is 40.3 Å². The fourth-order valence-corrected chi connectivity index (χ4v) is 5.40. The van der Waals surface area contributed by atoms with Crippen molar-refractivity contribution in [2.45, 2.75) is 38.1 Å². The minimum atomic E-state index is -1.20. The van der Waals surface area contributed by atoms with Crippen LogP contribution in [-0.2, 0) is 24.4 Å². The number of methoxy groups -OCH3 is 1. The fourth-order valence-electron chi connectivity index (χ4n) is 5.17. The molecule has 226 valence electrons. The summed E-state index contributed by atoms with van der Waals surface area (Å²) in [5, 5.41) is 31.0. The van der Waals surface area contributed by atoms with Gasteiger partial charge in [0, 0.05) is 41.7 Å². The number of pyridine rings is 1. The van der Waals surface area contributed by atoms with Gasteiger partial charge in [-0.1, -0.05) is 29.8 Å². The third kappa shape index (κ3) is 6.76. The summed E-state index contributed by atoms with van der Waals surface area (Å²) in [6.07, 6.45) is 3.96. The standard InChI is InChI=1S/C33H29ClFN3O6/c1-42-22-5-7-28(35)26(11-22)23-3-2-4-25-24(23)6-8-30(25)44-32-12-31(43-18-20-9-19(13-36)14-37-15-20)21(10-27(32)34)16-38-29(17-39)33(40)41/h2-5,7,9-12,14-15,29-30,38-39H,6,8,16-18H2,1H3,(H,40,41)/t29-,30-/m0/s1. The number of ether oxygens (including phenoxy) is 3. The van der Waals surface area contributed by atoms with Gasteiger partial charge in [0.2, 0.25) is 0 Å². The highest BCUT2D eigenvalue weighted by Crippen LogP contribution is 2.43. The van der Waals surface area contributed by atoms with E-state index in [0.717, 1.165) is 16.7 Å². The third-order valence-corrected chi connectivity index (χ3v) is 7.70. The predicted octanol–water partition coefficient (Wildman–Crippen LogP) is 5.60. The molecule has 0 unspecified atom stereocenters. The Kier molecular flexibility index (Phi) is 9.60. The number of rotatable bonds is 12. The highest BCUT2D eigenvalue weighted by atomic mass is 35.5. The molecule has 0 bridgehead atoms. The van der Waals surface area contributed by atoms with Gasteiger partial charge in [-0.2, -0.15) is 5.26 Å². The van der Waals surface area contributed by atoms with Gasteiger partial charge in [0.15, 0.2) is 0 Å². The van der Waals surface area contributed by atoms with Crippen molar-refractivity contribution in [2.75, 3.05) is 13.7 Å². The zero-order valence-electron chi connectivity index (χ0n) is 23.7. The minimum Gasteiger partial charge on any atom is -0.497 e. The van der Waals surface area contributed by atoms with E-state index < -0.39 is 18.6 Å². The first-order valence-corrected chi connectivity index (χ1v) is 14.2. The zero-order chi connectivity index (χ0) is 31.2. The molecule has 0 amide bonds. The summed E-state index contributed by atoms with van der Waals surface area (Å²) in [7, 11) is 1.54. The van der Waals surface area contributed by atoms with Crippen LogP contribution in [0.3, 0.4) is 0 Å². The lowest BCUT2D eigenvalue weighted by Gasteiger charge is -2.20. The molecular weight excluding hydrogens is 589 g/mol. The number of halogens is 2. The number of aliphatic carboxylic acids is 1. The van der Waals surface area contributed by atoms with Crippen LogP contribution in [0.4, 0.5) is 4.39 Å². The Morgan fingerprint density at radius 1 is 1.18 bits per heavy atom. The molecular formula is C33H29ClFN3O6. The lowest BCUT2D eigenvalue weighted by molar-refractivity contribution is -0.140. The van der Waals surface area contributed by atoms with Crippen LogP contribution in [0.15, 0.2) is 67.0 Å². The van der Waals surface area contributed by atoms with Gasteiger partial charge in [0.05, 0.1) is 24.3 Å². The highest BCUT2D eigenvalue weighted by molar-refractivity contribution is 6.32. The lowest BCUT2D eigenvalue weighted by Crippen LogP contribution is -2.39. The second-order valence-electron chi connectivity index (χ2n) is 10.2. The molecule has 0 saturated carbocycles. The molecule has 1 aliphatic carbocycles. The van der Waals surface area contributed by atoms with Gasteiger partial charge in [-0.15, -0.1) is 0 Å². The average Bonchev–Trinajstić information content (AvgIpc) is 3.45. The van der Waals surface area contributed by atoms with Crippen molar-refractivity contribution in [2.24, 2.45) is 0 Å². The lowest BCUT2D eigenvalue weighted by atomic mass is 9.96. The maximum Gasteiger partial charge on any atom is 0.323 e. The van der Waals surface area contributed by atoms with E-state index in [-0.39, 0.29) is 30.1 Å². The largest absolute Gasteiger partial charge is 0.497 e. The summed E-state index contributed by atoms with van der Waals surface area (Å²) in [6.45, 7) is -0.498. The van der Waals surface area contributed by atoms with Gasteiger partial charge < -0.3 is 24.4 Å². The normalized spacial score (nSPS) is 14.4. The Morgan fingerprint density at radius 3 is 2.77 bits per heavy atom. The number of hydrogen-bond acceptors (Lipinski definition) is 8. The summed E-state index contributed by atoms with van der Waals surface area (Å²) < 4.78 is 32.7. The molecule has 1 aromatic heterocycles. The third-order valence-electron chi connectivity index (χ3n) is 7.40. The first-order chi connectivity index (χ1) is 21.3. The highest BCUT2D eigenvalue weighted by Gasteiger charge is 2.28. The molecule has 0 fully saturated rings. The zero-order valence-corrected chi connectivity index (χ0v) is 24.5. The van der Waals surface area contributed by atoms with Crippen molar-refractivity contribution in [3.8, 4) is 34.4 Å². The van der Waals surface area contributed by atoms with Crippen molar-refractivity contribution in [3.63, 3.8) is 0 Å². The summed E-state index contributed by atoms with van der Waals surface area (Å²) >= 11 is 6.67. The number of carboxylic acids is 1. The van der Waals surface area contributed by atoms with Crippen LogP contribution in [-0.4, -0.2) is 40.9 Å². The van der Waals surface area contributed by atoms with Gasteiger partial charge in [0.25, 0.3) is 0 Å². The van der Waals surface area contributed by atoms with Gasteiger partial charge in [-0.05, 0) is 59.9 Å². The number of hydrogen-bond donors (Lipinski definition) is 3. The second-order valence-corrected chi connectivity index (χ2v) is 10.6. The number of aliphatic hydroxyl groups excluding tert-OH is 1. The number of aliphatic hydroxyl groups is 1. The van der Waals surface area contributed by atoms with E-state index in [0.29, 0.717) is 52.3 Å². The molecule has 11 heteroatoms. The van der Waals surface area contributed by atoms with E-state index in [4.69, 9.17) is 25.8 Å². The van der Waals surface area contributed by atoms with E-state index in [9.17, 15) is 24.7 Å². The van der Waals surface area contributed by atoms with Gasteiger partial charge >= 0.3 is 5.97 Å². The van der Waals surface area contributed by atoms with E-state index in [1.807, 2.05) is 24.3 Å². The molecule has 1 aliphatic rings. The van der Waals surface area contributed by atoms with Gasteiger partial charge in [0.1, 0.15) is 47.9 Å². The molecule has 5 rings (SSSR count). The maximum atomic E-state index is 14.9. The van der Waals surface area contributed by atoms with Crippen LogP contribution in [0.2, 0.25) is 5.02 Å². The van der Waals surface area contributed by atoms with Crippen LogP contribution in [0.25, 0.3) is 11.1 Å². The van der Waals surface area contributed by atoms with Crippen molar-refractivity contribution >= 4 is 17.6 Å². The number of benzene rings is 3.